The number of carbonyl (C=O) groups is 2. The van der Waals surface area contributed by atoms with E-state index >= 15 is 0 Å². The maximum absolute atomic E-state index is 12.7. The van der Waals surface area contributed by atoms with Crippen molar-refractivity contribution in [3.63, 3.8) is 0 Å². The summed E-state index contributed by atoms with van der Waals surface area (Å²) in [6, 6.07) is 23.1. The van der Waals surface area contributed by atoms with E-state index < -0.39 is 0 Å². The van der Waals surface area contributed by atoms with Crippen LogP contribution in [0.3, 0.4) is 0 Å². The maximum atomic E-state index is 12.7. The Balaban J connectivity index is 1.74. The summed E-state index contributed by atoms with van der Waals surface area (Å²) in [6.07, 6.45) is 0. The topological polar surface area (TPSA) is 58.6 Å². The van der Waals surface area contributed by atoms with Gasteiger partial charge in [-0.3, -0.25) is 9.59 Å². The van der Waals surface area contributed by atoms with Gasteiger partial charge in [0.2, 0.25) is 0 Å². The van der Waals surface area contributed by atoms with Crippen LogP contribution in [-0.2, 0) is 0 Å². The Hall–Kier alpha value is -3.60. The average molecular weight is 360 g/mol. The van der Waals surface area contributed by atoms with Crippen LogP contribution in [0.1, 0.15) is 20.7 Å². The van der Waals surface area contributed by atoms with Gasteiger partial charge >= 0.3 is 0 Å². The van der Waals surface area contributed by atoms with Crippen molar-refractivity contribution in [3.05, 3.63) is 90.0 Å². The van der Waals surface area contributed by atoms with Gasteiger partial charge in [0.05, 0.1) is 7.11 Å². The van der Waals surface area contributed by atoms with Crippen molar-refractivity contribution in [2.75, 3.05) is 24.4 Å². The molecule has 0 radical (unpaired) electrons. The van der Waals surface area contributed by atoms with E-state index in [-0.39, 0.29) is 11.8 Å². The van der Waals surface area contributed by atoms with Crippen molar-refractivity contribution in [2.24, 2.45) is 0 Å². The van der Waals surface area contributed by atoms with E-state index in [2.05, 4.69) is 5.32 Å². The first-order valence-corrected chi connectivity index (χ1v) is 8.47. The third-order valence-corrected chi connectivity index (χ3v) is 4.17. The molecule has 0 fully saturated rings. The summed E-state index contributed by atoms with van der Waals surface area (Å²) in [7, 11) is 3.30. The fraction of sp³-hybridized carbons (Fsp3) is 0.0909. The zero-order valence-corrected chi connectivity index (χ0v) is 15.2. The highest BCUT2D eigenvalue weighted by Gasteiger charge is 2.14. The fourth-order valence-corrected chi connectivity index (χ4v) is 2.64. The van der Waals surface area contributed by atoms with Crippen molar-refractivity contribution >= 4 is 23.2 Å². The number of ether oxygens (including phenoxy) is 1. The molecular weight excluding hydrogens is 340 g/mol. The van der Waals surface area contributed by atoms with Crippen LogP contribution in [0.5, 0.6) is 5.75 Å². The zero-order chi connectivity index (χ0) is 19.2. The minimum Gasteiger partial charge on any atom is -0.497 e. The van der Waals surface area contributed by atoms with Crippen LogP contribution in [0, 0.1) is 0 Å². The van der Waals surface area contributed by atoms with Gasteiger partial charge in [-0.25, -0.2) is 0 Å². The first-order chi connectivity index (χ1) is 13.1. The van der Waals surface area contributed by atoms with Crippen LogP contribution in [0.4, 0.5) is 11.4 Å². The highest BCUT2D eigenvalue weighted by atomic mass is 16.5. The minimum atomic E-state index is -0.251. The molecule has 0 atom stereocenters. The number of hydrogen-bond acceptors (Lipinski definition) is 3. The lowest BCUT2D eigenvalue weighted by Gasteiger charge is -2.17. The third kappa shape index (κ3) is 4.33. The van der Waals surface area contributed by atoms with Gasteiger partial charge in [-0.1, -0.05) is 24.3 Å². The molecule has 27 heavy (non-hydrogen) atoms. The minimum absolute atomic E-state index is 0.151. The smallest absolute Gasteiger partial charge is 0.258 e. The Labute approximate surface area is 158 Å². The average Bonchev–Trinajstić information content (AvgIpc) is 2.73. The second-order valence-electron chi connectivity index (χ2n) is 5.96. The van der Waals surface area contributed by atoms with Crippen molar-refractivity contribution in [1.29, 1.82) is 0 Å². The Morgan fingerprint density at radius 3 is 2.22 bits per heavy atom. The van der Waals surface area contributed by atoms with Crippen LogP contribution in [0.2, 0.25) is 0 Å². The lowest BCUT2D eigenvalue weighted by molar-refractivity contribution is 0.0990. The summed E-state index contributed by atoms with van der Waals surface area (Å²) in [4.78, 5) is 26.7. The van der Waals surface area contributed by atoms with Gasteiger partial charge in [-0.2, -0.15) is 0 Å². The summed E-state index contributed by atoms with van der Waals surface area (Å²) in [6.45, 7) is 0. The first-order valence-electron chi connectivity index (χ1n) is 8.47. The lowest BCUT2D eigenvalue weighted by Crippen LogP contribution is -2.26. The molecule has 0 spiro atoms. The van der Waals surface area contributed by atoms with E-state index in [1.165, 1.54) is 0 Å². The molecule has 3 aromatic rings. The second kappa shape index (κ2) is 8.19. The van der Waals surface area contributed by atoms with E-state index in [1.54, 1.807) is 67.6 Å². The number of carbonyl (C=O) groups excluding carboxylic acids is 2. The Morgan fingerprint density at radius 2 is 1.56 bits per heavy atom. The number of nitrogens with one attached hydrogen (secondary N) is 1. The summed E-state index contributed by atoms with van der Waals surface area (Å²) in [5, 5.41) is 2.82. The van der Waals surface area contributed by atoms with Gasteiger partial charge in [0.15, 0.2) is 0 Å². The largest absolute Gasteiger partial charge is 0.497 e. The molecule has 0 aromatic heterocycles. The molecule has 0 aliphatic rings. The number of methoxy groups -OCH3 is 1. The van der Waals surface area contributed by atoms with Gasteiger partial charge in [0, 0.05) is 29.5 Å². The molecule has 0 bridgehead atoms. The number of hydrogen-bond donors (Lipinski definition) is 1. The molecule has 0 aliphatic heterocycles. The monoisotopic (exact) mass is 360 g/mol. The number of rotatable bonds is 5. The van der Waals surface area contributed by atoms with Gasteiger partial charge < -0.3 is 15.0 Å². The molecule has 0 heterocycles. The number of para-hydroxylation sites is 1. The normalized spacial score (nSPS) is 10.1. The number of benzene rings is 3. The fourth-order valence-electron chi connectivity index (χ4n) is 2.64. The van der Waals surface area contributed by atoms with Gasteiger partial charge in [0.25, 0.3) is 11.8 Å². The van der Waals surface area contributed by atoms with Crippen molar-refractivity contribution < 1.29 is 14.3 Å². The van der Waals surface area contributed by atoms with Gasteiger partial charge in [-0.15, -0.1) is 0 Å². The van der Waals surface area contributed by atoms with Crippen molar-refractivity contribution in [1.82, 2.24) is 0 Å². The molecule has 0 saturated heterocycles. The SMILES string of the molecule is COc1ccc(C(=O)Nc2cccc(C(=O)N(C)c3ccccc3)c2)cc1. The Bertz CT molecular complexity index is 937. The van der Waals surface area contributed by atoms with Crippen LogP contribution >= 0.6 is 0 Å². The lowest BCUT2D eigenvalue weighted by atomic mass is 10.1. The second-order valence-corrected chi connectivity index (χ2v) is 5.96. The predicted octanol–water partition coefficient (Wildman–Crippen LogP) is 4.22. The molecule has 3 rings (SSSR count). The van der Waals surface area contributed by atoms with E-state index in [0.29, 0.717) is 22.6 Å². The summed E-state index contributed by atoms with van der Waals surface area (Å²) in [5.41, 5.74) is 2.36. The predicted molar refractivity (Wildman–Crippen MR) is 107 cm³/mol. The van der Waals surface area contributed by atoms with E-state index in [1.807, 2.05) is 30.3 Å². The van der Waals surface area contributed by atoms with Crippen LogP contribution in [-0.4, -0.2) is 26.0 Å². The van der Waals surface area contributed by atoms with Crippen molar-refractivity contribution in [2.45, 2.75) is 0 Å². The maximum Gasteiger partial charge on any atom is 0.258 e. The van der Waals surface area contributed by atoms with E-state index in [9.17, 15) is 9.59 Å². The Morgan fingerprint density at radius 1 is 0.852 bits per heavy atom. The molecule has 0 saturated carbocycles. The summed E-state index contributed by atoms with van der Waals surface area (Å²) < 4.78 is 5.09. The molecule has 5 nitrogen and oxygen atoms in total. The molecule has 136 valence electrons. The standard InChI is InChI=1S/C22H20N2O3/c1-24(19-9-4-3-5-10-19)22(26)17-7-6-8-18(15-17)23-21(25)16-11-13-20(27-2)14-12-16/h3-15H,1-2H3,(H,23,25). The number of nitrogens with zero attached hydrogens (tertiary/aromatic N) is 1. The molecule has 2 amide bonds. The molecule has 3 aromatic carbocycles. The molecular formula is C22H20N2O3. The molecule has 5 heteroatoms. The van der Waals surface area contributed by atoms with Crippen LogP contribution in [0.25, 0.3) is 0 Å². The van der Waals surface area contributed by atoms with Crippen molar-refractivity contribution in [3.8, 4) is 5.75 Å². The summed E-state index contributed by atoms with van der Waals surface area (Å²) >= 11 is 0. The van der Waals surface area contributed by atoms with Crippen LogP contribution in [0.15, 0.2) is 78.9 Å². The molecule has 0 unspecified atom stereocenters. The van der Waals surface area contributed by atoms with Gasteiger partial charge in [0.1, 0.15) is 5.75 Å². The number of amides is 2. The third-order valence-electron chi connectivity index (χ3n) is 4.17. The van der Waals surface area contributed by atoms with Crippen LogP contribution < -0.4 is 15.0 Å². The van der Waals surface area contributed by atoms with E-state index in [0.717, 1.165) is 5.69 Å². The van der Waals surface area contributed by atoms with Gasteiger partial charge in [-0.05, 0) is 54.6 Å². The number of anilines is 2. The quantitative estimate of drug-likeness (QED) is 0.741. The highest BCUT2D eigenvalue weighted by molar-refractivity contribution is 6.08. The zero-order valence-electron chi connectivity index (χ0n) is 15.2. The van der Waals surface area contributed by atoms with E-state index in [4.69, 9.17) is 4.74 Å². The Kier molecular flexibility index (Phi) is 5.52. The first kappa shape index (κ1) is 18.2. The molecule has 0 aliphatic carbocycles. The molecule has 1 N–H and O–H groups in total. The highest BCUT2D eigenvalue weighted by Crippen LogP contribution is 2.18. The summed E-state index contributed by atoms with van der Waals surface area (Å²) in [5.74, 6) is 0.281.